The minimum absolute atomic E-state index is 0.0171. The van der Waals surface area contributed by atoms with Crippen molar-refractivity contribution < 1.29 is 0 Å². The zero-order valence-corrected chi connectivity index (χ0v) is 17.3. The van der Waals surface area contributed by atoms with Gasteiger partial charge in [0.1, 0.15) is 5.00 Å². The van der Waals surface area contributed by atoms with Crippen LogP contribution in [0.1, 0.15) is 32.0 Å². The third-order valence-corrected chi connectivity index (χ3v) is 5.27. The lowest BCUT2D eigenvalue weighted by molar-refractivity contribution is 0.593. The molecule has 0 amide bonds. The highest BCUT2D eigenvalue weighted by Crippen LogP contribution is 2.35. The molecule has 8 nitrogen and oxygen atoms in total. The first-order valence-corrected chi connectivity index (χ1v) is 9.92. The zero-order valence-electron chi connectivity index (χ0n) is 16.5. The summed E-state index contributed by atoms with van der Waals surface area (Å²) in [7, 11) is 1.90. The van der Waals surface area contributed by atoms with Crippen LogP contribution in [-0.2, 0) is 18.9 Å². The van der Waals surface area contributed by atoms with Gasteiger partial charge in [-0.05, 0) is 23.5 Å². The van der Waals surface area contributed by atoms with E-state index in [-0.39, 0.29) is 5.41 Å². The van der Waals surface area contributed by atoms with Gasteiger partial charge in [0, 0.05) is 43.2 Å². The number of fused-ring (bicyclic) bond motifs is 1. The first kappa shape index (κ1) is 18.6. The molecule has 0 aliphatic heterocycles. The third-order valence-electron chi connectivity index (χ3n) is 4.55. The van der Waals surface area contributed by atoms with Gasteiger partial charge in [0.25, 0.3) is 0 Å². The number of nitrogens with zero attached hydrogens (tertiary/aromatic N) is 6. The van der Waals surface area contributed by atoms with Crippen LogP contribution < -0.4 is 11.1 Å². The Morgan fingerprint density at radius 3 is 2.68 bits per heavy atom. The Bertz CT molecular complexity index is 1110. The van der Waals surface area contributed by atoms with E-state index in [4.69, 9.17) is 10.7 Å². The first-order valence-electron chi connectivity index (χ1n) is 9.15. The van der Waals surface area contributed by atoms with Gasteiger partial charge in [0.05, 0.1) is 23.8 Å². The fourth-order valence-corrected chi connectivity index (χ4v) is 3.99. The van der Waals surface area contributed by atoms with Crippen molar-refractivity contribution in [3.63, 3.8) is 0 Å². The van der Waals surface area contributed by atoms with Crippen molar-refractivity contribution in [3.05, 3.63) is 42.2 Å². The molecule has 146 valence electrons. The van der Waals surface area contributed by atoms with Gasteiger partial charge >= 0.3 is 0 Å². The predicted molar refractivity (Wildman–Crippen MR) is 112 cm³/mol. The summed E-state index contributed by atoms with van der Waals surface area (Å²) in [5.41, 5.74) is 10.6. The van der Waals surface area contributed by atoms with E-state index < -0.39 is 0 Å². The molecule has 0 atom stereocenters. The van der Waals surface area contributed by atoms with Gasteiger partial charge < -0.3 is 11.1 Å². The number of anilines is 2. The van der Waals surface area contributed by atoms with Crippen LogP contribution in [0.3, 0.4) is 0 Å². The van der Waals surface area contributed by atoms with Gasteiger partial charge in [-0.15, -0.1) is 0 Å². The topological polar surface area (TPSA) is 99.0 Å². The van der Waals surface area contributed by atoms with E-state index in [9.17, 15) is 0 Å². The second-order valence-corrected chi connectivity index (χ2v) is 8.60. The molecule has 3 N–H and O–H groups in total. The third kappa shape index (κ3) is 3.38. The number of nitrogens with two attached hydrogens (primary N) is 1. The molecular formula is C19H24N8S. The molecule has 4 rings (SSSR count). The van der Waals surface area contributed by atoms with Crippen LogP contribution in [0, 0.1) is 0 Å². The highest BCUT2D eigenvalue weighted by molar-refractivity contribution is 7.10. The lowest BCUT2D eigenvalue weighted by Crippen LogP contribution is -2.13. The van der Waals surface area contributed by atoms with Crippen LogP contribution >= 0.6 is 11.5 Å². The molecule has 0 unspecified atom stereocenters. The summed E-state index contributed by atoms with van der Waals surface area (Å²) in [5.74, 6) is 0.704. The summed E-state index contributed by atoms with van der Waals surface area (Å²) in [6.45, 7) is 7.05. The van der Waals surface area contributed by atoms with Crippen LogP contribution in [0.15, 0.2) is 31.0 Å². The quantitative estimate of drug-likeness (QED) is 0.538. The molecule has 0 saturated heterocycles. The van der Waals surface area contributed by atoms with Crippen LogP contribution in [0.4, 0.5) is 10.8 Å². The molecule has 0 radical (unpaired) electrons. The summed E-state index contributed by atoms with van der Waals surface area (Å²) in [6.07, 6.45) is 10.3. The highest BCUT2D eigenvalue weighted by atomic mass is 32.1. The number of aromatic nitrogens is 6. The second kappa shape index (κ2) is 6.99. The molecular weight excluding hydrogens is 372 g/mol. The number of imidazole rings is 1. The van der Waals surface area contributed by atoms with Gasteiger partial charge in [-0.3, -0.25) is 9.08 Å². The second-order valence-electron chi connectivity index (χ2n) is 7.80. The molecule has 4 aromatic rings. The highest BCUT2D eigenvalue weighted by Gasteiger charge is 2.22. The molecule has 0 saturated carbocycles. The molecule has 0 bridgehead atoms. The number of nitrogens with one attached hydrogen (secondary N) is 1. The Labute approximate surface area is 167 Å². The smallest absolute Gasteiger partial charge is 0.180 e. The van der Waals surface area contributed by atoms with Crippen molar-refractivity contribution in [2.75, 3.05) is 11.9 Å². The maximum absolute atomic E-state index is 5.79. The van der Waals surface area contributed by atoms with E-state index in [1.54, 1.807) is 4.68 Å². The maximum Gasteiger partial charge on any atom is 0.180 e. The minimum atomic E-state index is -0.0171. The van der Waals surface area contributed by atoms with Crippen molar-refractivity contribution >= 4 is 28.0 Å². The normalized spacial score (nSPS) is 12.0. The lowest BCUT2D eigenvalue weighted by atomic mass is 9.89. The number of rotatable bonds is 5. The summed E-state index contributed by atoms with van der Waals surface area (Å²) in [4.78, 5) is 9.42. The van der Waals surface area contributed by atoms with Crippen molar-refractivity contribution in [1.29, 1.82) is 0 Å². The van der Waals surface area contributed by atoms with E-state index in [1.807, 2.05) is 38.0 Å². The van der Waals surface area contributed by atoms with Gasteiger partial charge in [0.2, 0.25) is 0 Å². The van der Waals surface area contributed by atoms with E-state index in [1.165, 1.54) is 11.5 Å². The van der Waals surface area contributed by atoms with E-state index in [0.29, 0.717) is 18.8 Å². The SMILES string of the molecule is Cn1cc(-c2cnc3c(Nc4sncc4C(C)(C)C)nc(CCN)cn23)cn1. The molecule has 4 aromatic heterocycles. The van der Waals surface area contributed by atoms with Gasteiger partial charge in [-0.1, -0.05) is 20.8 Å². The fraction of sp³-hybridized carbons (Fsp3) is 0.368. The first-order chi connectivity index (χ1) is 13.4. The minimum Gasteiger partial charge on any atom is -0.330 e. The number of hydrogen-bond acceptors (Lipinski definition) is 7. The predicted octanol–water partition coefficient (Wildman–Crippen LogP) is 3.13. The Hall–Kier alpha value is -2.78. The summed E-state index contributed by atoms with van der Waals surface area (Å²) in [6, 6.07) is 0. The van der Waals surface area contributed by atoms with E-state index >= 15 is 0 Å². The Morgan fingerprint density at radius 1 is 1.18 bits per heavy atom. The standard InChI is InChI=1S/C19H24N8S/c1-19(2,3)14-8-23-28-18(14)25-16-17-21-9-15(12-7-22-26(4)10-12)27(17)11-13(24-16)5-6-20/h7-11H,5-6,20H2,1-4H3,(H,24,25). The summed E-state index contributed by atoms with van der Waals surface area (Å²) < 4.78 is 8.20. The van der Waals surface area contributed by atoms with Crippen LogP contribution in [0.5, 0.6) is 0 Å². The Kier molecular flexibility index (Phi) is 4.64. The molecule has 0 aliphatic rings. The molecule has 0 spiro atoms. The van der Waals surface area contributed by atoms with Crippen LogP contribution in [0.2, 0.25) is 0 Å². The molecule has 4 heterocycles. The maximum atomic E-state index is 5.79. The average molecular weight is 397 g/mol. The van der Waals surface area contributed by atoms with Crippen molar-refractivity contribution in [2.45, 2.75) is 32.6 Å². The van der Waals surface area contributed by atoms with Crippen molar-refractivity contribution in [2.24, 2.45) is 12.8 Å². The van der Waals surface area contributed by atoms with Gasteiger partial charge in [-0.2, -0.15) is 9.47 Å². The molecule has 0 aromatic carbocycles. The van der Waals surface area contributed by atoms with Crippen LogP contribution in [-0.4, -0.2) is 35.1 Å². The average Bonchev–Trinajstić information content (AvgIpc) is 3.33. The van der Waals surface area contributed by atoms with Crippen molar-refractivity contribution in [3.8, 4) is 11.3 Å². The lowest BCUT2D eigenvalue weighted by Gasteiger charge is -2.19. The Morgan fingerprint density at radius 2 is 2.00 bits per heavy atom. The van der Waals surface area contributed by atoms with Gasteiger partial charge in [0.15, 0.2) is 11.5 Å². The fourth-order valence-electron chi connectivity index (χ4n) is 3.13. The monoisotopic (exact) mass is 396 g/mol. The van der Waals surface area contributed by atoms with Crippen molar-refractivity contribution in [1.82, 2.24) is 28.5 Å². The van der Waals surface area contributed by atoms with Gasteiger partial charge in [-0.25, -0.2) is 9.97 Å². The van der Waals surface area contributed by atoms with E-state index in [2.05, 4.69) is 44.9 Å². The Balaban J connectivity index is 1.84. The van der Waals surface area contributed by atoms with E-state index in [0.717, 1.165) is 33.2 Å². The number of aryl methyl sites for hydroxylation is 1. The largest absolute Gasteiger partial charge is 0.330 e. The number of hydrogen-bond donors (Lipinski definition) is 2. The molecule has 9 heteroatoms. The molecule has 28 heavy (non-hydrogen) atoms. The summed E-state index contributed by atoms with van der Waals surface area (Å²) in [5, 5.41) is 8.73. The molecule has 0 fully saturated rings. The summed E-state index contributed by atoms with van der Waals surface area (Å²) >= 11 is 1.43. The van der Waals surface area contributed by atoms with Crippen LogP contribution in [0.25, 0.3) is 16.9 Å². The zero-order chi connectivity index (χ0) is 19.9. The molecule has 0 aliphatic carbocycles.